The van der Waals surface area contributed by atoms with Crippen molar-refractivity contribution in [2.24, 2.45) is 0 Å². The largest absolute Gasteiger partial charge is 0.493 e. The van der Waals surface area contributed by atoms with Crippen LogP contribution in [0.2, 0.25) is 0 Å². The number of carbonyl (C=O) groups excluding carboxylic acids is 2. The fourth-order valence-electron chi connectivity index (χ4n) is 5.44. The molecule has 11 nitrogen and oxygen atoms in total. The van der Waals surface area contributed by atoms with Crippen LogP contribution < -0.4 is 24.8 Å². The predicted molar refractivity (Wildman–Crippen MR) is 178 cm³/mol. The van der Waals surface area contributed by atoms with Gasteiger partial charge in [-0.2, -0.15) is 4.98 Å². The molecule has 240 valence electrons. The monoisotopic (exact) mass is 698 g/mol. The van der Waals surface area contributed by atoms with E-state index in [1.165, 1.54) is 0 Å². The molecule has 2 aromatic carbocycles. The van der Waals surface area contributed by atoms with Crippen LogP contribution in [0.1, 0.15) is 58.1 Å². The van der Waals surface area contributed by atoms with Crippen molar-refractivity contribution in [2.45, 2.75) is 57.7 Å². The number of likely N-dealkylation sites (tertiary alicyclic amines) is 1. The first-order valence-corrected chi connectivity index (χ1v) is 17.0. The van der Waals surface area contributed by atoms with Gasteiger partial charge < -0.3 is 29.7 Å². The highest BCUT2D eigenvalue weighted by Gasteiger charge is 2.36. The number of para-hydroxylation sites is 2. The Hall–Kier alpha value is -3.71. The fraction of sp³-hybridized carbons (Fsp3) is 0.438. The maximum atomic E-state index is 14.1. The average molecular weight is 700 g/mol. The van der Waals surface area contributed by atoms with Gasteiger partial charge in [-0.15, -0.1) is 5.10 Å². The molecule has 2 amide bonds. The van der Waals surface area contributed by atoms with Crippen molar-refractivity contribution in [1.29, 1.82) is 0 Å². The van der Waals surface area contributed by atoms with Gasteiger partial charge in [0.05, 0.1) is 29.4 Å². The molecule has 3 heterocycles. The summed E-state index contributed by atoms with van der Waals surface area (Å²) in [5.41, 5.74) is 2.37. The number of nitrogens with zero attached hydrogens (tertiary/aromatic N) is 4. The Kier molecular flexibility index (Phi) is 10.9. The highest BCUT2D eigenvalue weighted by Crippen LogP contribution is 2.43. The van der Waals surface area contributed by atoms with Gasteiger partial charge in [-0.1, -0.05) is 30.8 Å². The number of methoxy groups -OCH3 is 1. The first kappa shape index (κ1) is 32.7. The van der Waals surface area contributed by atoms with E-state index >= 15 is 0 Å². The molecule has 5 rings (SSSR count). The van der Waals surface area contributed by atoms with Gasteiger partial charge in [0, 0.05) is 24.5 Å². The van der Waals surface area contributed by atoms with E-state index in [2.05, 4.69) is 33.5 Å². The number of rotatable bonds is 12. The third-order valence-electron chi connectivity index (χ3n) is 7.56. The SMILES string of the molecule is CCCSc1nc2n(n1)C(c1cc(Br)c(OCC(=O)N3CCCCC3)c(OC)c1)C(C(=O)Nc1ccccc1OCC)=C(C)N2. The fourth-order valence-corrected chi connectivity index (χ4v) is 6.69. The van der Waals surface area contributed by atoms with Crippen molar-refractivity contribution >= 4 is 51.1 Å². The number of amides is 2. The summed E-state index contributed by atoms with van der Waals surface area (Å²) in [5, 5.41) is 11.8. The van der Waals surface area contributed by atoms with E-state index in [9.17, 15) is 9.59 Å². The summed E-state index contributed by atoms with van der Waals surface area (Å²) < 4.78 is 19.9. The van der Waals surface area contributed by atoms with Crippen LogP contribution in [0.5, 0.6) is 17.2 Å². The molecule has 2 N–H and O–H groups in total. The van der Waals surface area contributed by atoms with Crippen molar-refractivity contribution < 1.29 is 23.8 Å². The minimum atomic E-state index is -0.654. The van der Waals surface area contributed by atoms with E-state index in [0.717, 1.165) is 50.1 Å². The lowest BCUT2D eigenvalue weighted by Gasteiger charge is -2.29. The first-order chi connectivity index (χ1) is 21.8. The van der Waals surface area contributed by atoms with E-state index in [4.69, 9.17) is 24.3 Å². The number of benzene rings is 2. The molecular weight excluding hydrogens is 660 g/mol. The Balaban J connectivity index is 1.51. The number of anilines is 2. The molecule has 0 spiro atoms. The highest BCUT2D eigenvalue weighted by molar-refractivity contribution is 9.10. The summed E-state index contributed by atoms with van der Waals surface area (Å²) in [7, 11) is 1.55. The first-order valence-electron chi connectivity index (χ1n) is 15.2. The lowest BCUT2D eigenvalue weighted by Crippen LogP contribution is -2.38. The number of allylic oxidation sites excluding steroid dienone is 1. The number of carbonyl (C=O) groups is 2. The Morgan fingerprint density at radius 2 is 1.89 bits per heavy atom. The summed E-state index contributed by atoms with van der Waals surface area (Å²) in [6, 6.07) is 10.4. The summed E-state index contributed by atoms with van der Waals surface area (Å²) in [6.07, 6.45) is 4.13. The molecule has 0 aliphatic carbocycles. The molecule has 13 heteroatoms. The zero-order valence-electron chi connectivity index (χ0n) is 26.0. The van der Waals surface area contributed by atoms with E-state index < -0.39 is 6.04 Å². The molecule has 2 aliphatic heterocycles. The van der Waals surface area contributed by atoms with Gasteiger partial charge in [0.25, 0.3) is 11.8 Å². The molecule has 2 aliphatic rings. The second-order valence-corrected chi connectivity index (χ2v) is 12.6. The summed E-state index contributed by atoms with van der Waals surface area (Å²) in [4.78, 5) is 33.5. The van der Waals surface area contributed by atoms with Gasteiger partial charge in [-0.25, -0.2) is 4.68 Å². The van der Waals surface area contributed by atoms with Crippen LogP contribution in [0.25, 0.3) is 0 Å². The minimum Gasteiger partial charge on any atom is -0.493 e. The number of piperidine rings is 1. The van der Waals surface area contributed by atoms with Crippen molar-refractivity contribution in [1.82, 2.24) is 19.7 Å². The number of aromatic nitrogens is 3. The number of hydrogen-bond acceptors (Lipinski definition) is 9. The second kappa shape index (κ2) is 15.0. The van der Waals surface area contributed by atoms with E-state index in [-0.39, 0.29) is 18.4 Å². The molecule has 3 aromatic rings. The molecule has 1 atom stereocenters. The van der Waals surface area contributed by atoms with Crippen LogP contribution >= 0.6 is 27.7 Å². The van der Waals surface area contributed by atoms with Gasteiger partial charge in [0.1, 0.15) is 11.8 Å². The number of ether oxygens (including phenoxy) is 3. The van der Waals surface area contributed by atoms with Gasteiger partial charge in [-0.05, 0) is 85.3 Å². The topological polar surface area (TPSA) is 120 Å². The van der Waals surface area contributed by atoms with Crippen LogP contribution in [-0.2, 0) is 9.59 Å². The zero-order chi connectivity index (χ0) is 31.9. The molecular formula is C32H39BrN6O5S. The smallest absolute Gasteiger partial charge is 0.260 e. The van der Waals surface area contributed by atoms with Crippen molar-refractivity contribution in [3.63, 3.8) is 0 Å². The number of hydrogen-bond donors (Lipinski definition) is 2. The molecule has 1 unspecified atom stereocenters. The lowest BCUT2D eigenvalue weighted by molar-refractivity contribution is -0.134. The van der Waals surface area contributed by atoms with Crippen LogP contribution in [0, 0.1) is 0 Å². The molecule has 1 fully saturated rings. The van der Waals surface area contributed by atoms with Crippen molar-refractivity contribution in [2.75, 3.05) is 49.8 Å². The third kappa shape index (κ3) is 7.41. The normalized spacial score (nSPS) is 16.1. The Labute approximate surface area is 276 Å². The van der Waals surface area contributed by atoms with E-state index in [0.29, 0.717) is 56.4 Å². The number of thioether (sulfide) groups is 1. The lowest BCUT2D eigenvalue weighted by atomic mass is 9.94. The van der Waals surface area contributed by atoms with Gasteiger partial charge >= 0.3 is 0 Å². The van der Waals surface area contributed by atoms with E-state index in [1.807, 2.05) is 49.1 Å². The van der Waals surface area contributed by atoms with Crippen LogP contribution in [0.3, 0.4) is 0 Å². The quantitative estimate of drug-likeness (QED) is 0.211. The Morgan fingerprint density at radius 3 is 2.62 bits per heavy atom. The molecule has 0 saturated carbocycles. The number of fused-ring (bicyclic) bond motifs is 1. The van der Waals surface area contributed by atoms with Gasteiger partial charge in [0.15, 0.2) is 18.1 Å². The molecule has 0 radical (unpaired) electrons. The van der Waals surface area contributed by atoms with Crippen LogP contribution in [0.4, 0.5) is 11.6 Å². The Morgan fingerprint density at radius 1 is 1.11 bits per heavy atom. The maximum Gasteiger partial charge on any atom is 0.260 e. The zero-order valence-corrected chi connectivity index (χ0v) is 28.4. The summed E-state index contributed by atoms with van der Waals surface area (Å²) in [6.45, 7) is 7.72. The van der Waals surface area contributed by atoms with Gasteiger partial charge in [0.2, 0.25) is 11.1 Å². The third-order valence-corrected chi connectivity index (χ3v) is 9.20. The second-order valence-electron chi connectivity index (χ2n) is 10.7. The molecule has 0 bridgehead atoms. The molecule has 1 saturated heterocycles. The number of nitrogens with one attached hydrogen (secondary N) is 2. The number of halogens is 1. The minimum absolute atomic E-state index is 0.0553. The van der Waals surface area contributed by atoms with Crippen molar-refractivity contribution in [3.05, 3.63) is 57.7 Å². The summed E-state index contributed by atoms with van der Waals surface area (Å²) >= 11 is 5.21. The van der Waals surface area contributed by atoms with Crippen LogP contribution in [-0.4, -0.2) is 70.6 Å². The standard InChI is InChI=1S/C32H39BrN6O5S/c1-5-16-45-32-36-31-34-20(3)27(30(41)35-23-12-8-9-13-24(23)43-6-2)28(39(31)37-32)21-17-22(33)29(25(18-21)42-4)44-19-26(40)38-14-10-7-11-15-38/h8-9,12-13,17-18,28H,5-7,10-11,14-16,19H2,1-4H3,(H,35,41)(H,34,36,37). The van der Waals surface area contributed by atoms with E-state index in [1.54, 1.807) is 29.6 Å². The highest BCUT2D eigenvalue weighted by atomic mass is 79.9. The molecule has 1 aromatic heterocycles. The average Bonchev–Trinajstić information content (AvgIpc) is 3.45. The maximum absolute atomic E-state index is 14.1. The molecule has 45 heavy (non-hydrogen) atoms. The Bertz CT molecular complexity index is 1570. The summed E-state index contributed by atoms with van der Waals surface area (Å²) in [5.74, 6) is 2.44. The predicted octanol–water partition coefficient (Wildman–Crippen LogP) is 6.27. The van der Waals surface area contributed by atoms with Crippen molar-refractivity contribution in [3.8, 4) is 17.2 Å². The van der Waals surface area contributed by atoms with Crippen LogP contribution in [0.15, 0.2) is 57.3 Å². The van der Waals surface area contributed by atoms with Gasteiger partial charge in [-0.3, -0.25) is 9.59 Å².